The zero-order valence-electron chi connectivity index (χ0n) is 18.0. The summed E-state index contributed by atoms with van der Waals surface area (Å²) in [6.07, 6.45) is 0.451. The van der Waals surface area contributed by atoms with E-state index >= 15 is 0 Å². The summed E-state index contributed by atoms with van der Waals surface area (Å²) in [6, 6.07) is 8.52. The Morgan fingerprint density at radius 1 is 1.22 bits per heavy atom. The third-order valence-corrected chi connectivity index (χ3v) is 5.74. The van der Waals surface area contributed by atoms with E-state index in [0.29, 0.717) is 33.6 Å². The molecule has 1 atom stereocenters. The van der Waals surface area contributed by atoms with Crippen LogP contribution in [0.4, 0.5) is 11.4 Å². The van der Waals surface area contributed by atoms with Crippen molar-refractivity contribution in [2.24, 2.45) is 0 Å². The van der Waals surface area contributed by atoms with Crippen molar-refractivity contribution in [3.63, 3.8) is 0 Å². The molecule has 10 heteroatoms. The highest BCUT2D eigenvalue weighted by Gasteiger charge is 2.24. The van der Waals surface area contributed by atoms with Crippen LogP contribution < -0.4 is 10.1 Å². The molecule has 0 aliphatic rings. The summed E-state index contributed by atoms with van der Waals surface area (Å²) in [5, 5.41) is 19.6. The van der Waals surface area contributed by atoms with Crippen molar-refractivity contribution in [2.75, 3.05) is 5.32 Å². The van der Waals surface area contributed by atoms with Crippen LogP contribution in [0.15, 0.2) is 36.4 Å². The number of carbonyl (C=O) groups excluding carboxylic acids is 1. The lowest BCUT2D eigenvalue weighted by atomic mass is 10.2. The molecular formula is C22H22Cl2N4O4. The zero-order chi connectivity index (χ0) is 23.6. The first-order valence-electron chi connectivity index (χ1n) is 9.86. The van der Waals surface area contributed by atoms with Crippen molar-refractivity contribution in [3.8, 4) is 11.5 Å². The molecule has 0 bridgehead atoms. The van der Waals surface area contributed by atoms with E-state index in [4.69, 9.17) is 27.9 Å². The van der Waals surface area contributed by atoms with Crippen molar-refractivity contribution < 1.29 is 14.5 Å². The highest BCUT2D eigenvalue weighted by molar-refractivity contribution is 6.31. The van der Waals surface area contributed by atoms with E-state index in [0.717, 1.165) is 5.56 Å². The normalized spacial score (nSPS) is 11.8. The smallest absolute Gasteiger partial charge is 0.275 e. The second-order valence-corrected chi connectivity index (χ2v) is 8.14. The summed E-state index contributed by atoms with van der Waals surface area (Å²) in [4.78, 5) is 23.9. The van der Waals surface area contributed by atoms with Gasteiger partial charge in [0.1, 0.15) is 17.5 Å². The number of ether oxygens (including phenoxy) is 1. The molecule has 1 amide bonds. The molecule has 0 radical (unpaired) electrons. The largest absolute Gasteiger partial charge is 0.457 e. The maximum atomic E-state index is 13.0. The molecule has 8 nitrogen and oxygen atoms in total. The fourth-order valence-corrected chi connectivity index (χ4v) is 3.67. The molecule has 3 rings (SSSR count). The van der Waals surface area contributed by atoms with Gasteiger partial charge < -0.3 is 10.1 Å². The minimum absolute atomic E-state index is 0.210. The zero-order valence-corrected chi connectivity index (χ0v) is 19.5. The summed E-state index contributed by atoms with van der Waals surface area (Å²) in [5.74, 6) is 0.335. The summed E-state index contributed by atoms with van der Waals surface area (Å²) in [5.41, 5.74) is 2.08. The first-order valence-corrected chi connectivity index (χ1v) is 10.6. The number of halogens is 2. The van der Waals surface area contributed by atoms with Crippen LogP contribution in [-0.2, 0) is 4.79 Å². The Bertz CT molecular complexity index is 1190. The van der Waals surface area contributed by atoms with Gasteiger partial charge in [-0.05, 0) is 51.0 Å². The van der Waals surface area contributed by atoms with Crippen LogP contribution in [0.1, 0.15) is 36.3 Å². The van der Waals surface area contributed by atoms with E-state index < -0.39 is 11.0 Å². The number of anilines is 1. The van der Waals surface area contributed by atoms with Crippen molar-refractivity contribution in [1.82, 2.24) is 9.78 Å². The standard InChI is InChI=1S/C22H22Cl2N4O4/c1-5-19(27-14(4)21(24)13(3)26-27)22(29)25-16-9-17(28(30)31)11-18(10-16)32-20-7-6-15(23)8-12(20)2/h6-11,19H,5H2,1-4H3,(H,25,29). The summed E-state index contributed by atoms with van der Waals surface area (Å²) in [7, 11) is 0. The van der Waals surface area contributed by atoms with Gasteiger partial charge in [-0.25, -0.2) is 0 Å². The lowest BCUT2D eigenvalue weighted by Crippen LogP contribution is -2.27. The highest BCUT2D eigenvalue weighted by atomic mass is 35.5. The van der Waals surface area contributed by atoms with E-state index in [2.05, 4.69) is 10.4 Å². The minimum Gasteiger partial charge on any atom is -0.457 e. The molecule has 1 unspecified atom stereocenters. The number of carbonyl (C=O) groups is 1. The first-order chi connectivity index (χ1) is 15.1. The Labute approximate surface area is 195 Å². The van der Waals surface area contributed by atoms with E-state index in [9.17, 15) is 14.9 Å². The molecule has 2 aromatic carbocycles. The van der Waals surface area contributed by atoms with Gasteiger partial charge in [0.2, 0.25) is 5.91 Å². The van der Waals surface area contributed by atoms with Crippen LogP contribution in [0.3, 0.4) is 0 Å². The van der Waals surface area contributed by atoms with Crippen molar-refractivity contribution in [2.45, 2.75) is 40.2 Å². The maximum absolute atomic E-state index is 13.0. The minimum atomic E-state index is -0.636. The number of nitrogens with one attached hydrogen (secondary N) is 1. The summed E-state index contributed by atoms with van der Waals surface area (Å²) < 4.78 is 7.41. The predicted octanol–water partition coefficient (Wildman–Crippen LogP) is 6.41. The Balaban J connectivity index is 1.91. The number of amides is 1. The van der Waals surface area contributed by atoms with Crippen LogP contribution in [0.25, 0.3) is 0 Å². The molecule has 168 valence electrons. The Hall–Kier alpha value is -3.10. The average Bonchev–Trinajstić information content (AvgIpc) is 2.98. The number of benzene rings is 2. The van der Waals surface area contributed by atoms with Crippen molar-refractivity contribution in [3.05, 3.63) is 73.5 Å². The van der Waals surface area contributed by atoms with E-state index in [-0.39, 0.29) is 23.0 Å². The number of aromatic nitrogens is 2. The first kappa shape index (κ1) is 23.6. The molecule has 1 heterocycles. The lowest BCUT2D eigenvalue weighted by Gasteiger charge is -2.18. The third-order valence-electron chi connectivity index (χ3n) is 4.96. The van der Waals surface area contributed by atoms with E-state index in [1.807, 2.05) is 13.8 Å². The predicted molar refractivity (Wildman–Crippen MR) is 124 cm³/mol. The molecular weight excluding hydrogens is 455 g/mol. The van der Waals surface area contributed by atoms with E-state index in [1.165, 1.54) is 18.2 Å². The van der Waals surface area contributed by atoms with Gasteiger partial charge in [-0.1, -0.05) is 30.1 Å². The quantitative estimate of drug-likeness (QED) is 0.313. The SMILES string of the molecule is CCC(C(=O)Nc1cc(Oc2ccc(Cl)cc2C)cc([N+](=O)[O-])c1)n1nc(C)c(Cl)c1C. The fourth-order valence-electron chi connectivity index (χ4n) is 3.32. The van der Waals surface area contributed by atoms with Crippen molar-refractivity contribution >= 4 is 40.5 Å². The van der Waals surface area contributed by atoms with Gasteiger partial charge in [-0.3, -0.25) is 19.6 Å². The number of non-ortho nitro benzene ring substituents is 1. The van der Waals surface area contributed by atoms with E-state index in [1.54, 1.807) is 36.7 Å². The van der Waals surface area contributed by atoms with Crippen LogP contribution >= 0.6 is 23.2 Å². The van der Waals surface area contributed by atoms with Gasteiger partial charge in [0.15, 0.2) is 0 Å². The fraction of sp³-hybridized carbons (Fsp3) is 0.273. The second-order valence-electron chi connectivity index (χ2n) is 7.33. The molecule has 0 aliphatic heterocycles. The molecule has 1 aromatic heterocycles. The third kappa shape index (κ3) is 5.03. The molecule has 0 saturated heterocycles. The molecule has 0 spiro atoms. The summed E-state index contributed by atoms with van der Waals surface area (Å²) in [6.45, 7) is 7.21. The van der Waals surface area contributed by atoms with Gasteiger partial charge in [-0.2, -0.15) is 5.10 Å². The number of rotatable bonds is 7. The van der Waals surface area contributed by atoms with Crippen LogP contribution in [0.5, 0.6) is 11.5 Å². The Kier molecular flexibility index (Phi) is 7.06. The molecule has 32 heavy (non-hydrogen) atoms. The highest BCUT2D eigenvalue weighted by Crippen LogP contribution is 2.33. The molecule has 1 N–H and O–H groups in total. The molecule has 0 fully saturated rings. The molecule has 3 aromatic rings. The number of hydrogen-bond donors (Lipinski definition) is 1. The summed E-state index contributed by atoms with van der Waals surface area (Å²) >= 11 is 12.2. The van der Waals surface area contributed by atoms with Gasteiger partial charge in [0.05, 0.1) is 33.1 Å². The van der Waals surface area contributed by atoms with Gasteiger partial charge in [0, 0.05) is 17.2 Å². The topological polar surface area (TPSA) is 99.3 Å². The number of nitro groups is 1. The second kappa shape index (κ2) is 9.58. The number of hydrogen-bond acceptors (Lipinski definition) is 5. The monoisotopic (exact) mass is 476 g/mol. The Morgan fingerprint density at radius 3 is 2.50 bits per heavy atom. The average molecular weight is 477 g/mol. The maximum Gasteiger partial charge on any atom is 0.275 e. The lowest BCUT2D eigenvalue weighted by molar-refractivity contribution is -0.384. The van der Waals surface area contributed by atoms with Gasteiger partial charge in [0.25, 0.3) is 5.69 Å². The Morgan fingerprint density at radius 2 is 1.94 bits per heavy atom. The van der Waals surface area contributed by atoms with Gasteiger partial charge >= 0.3 is 0 Å². The van der Waals surface area contributed by atoms with Crippen molar-refractivity contribution in [1.29, 1.82) is 0 Å². The van der Waals surface area contributed by atoms with Crippen LogP contribution in [0.2, 0.25) is 10.0 Å². The molecule has 0 saturated carbocycles. The number of nitro benzene ring substituents is 1. The van der Waals surface area contributed by atoms with Gasteiger partial charge in [-0.15, -0.1) is 0 Å². The molecule has 0 aliphatic carbocycles. The number of nitrogens with zero attached hydrogens (tertiary/aromatic N) is 3. The number of aryl methyl sites for hydroxylation is 2. The van der Waals surface area contributed by atoms with Crippen LogP contribution in [0, 0.1) is 30.9 Å². The van der Waals surface area contributed by atoms with Crippen LogP contribution in [-0.4, -0.2) is 20.6 Å².